The van der Waals surface area contributed by atoms with Gasteiger partial charge in [-0.25, -0.2) is 0 Å². The standard InChI is InChI=1S/C33H65NO4/c1-6-7-8-9-19-22-25-30(2)26-23-20-17-15-13-11-10-12-14-16-18-21-24-27-33(37)38-31(28-32(35)36)29-34(3,4)5/h30-31H,6-29H2,1-5H3/p+1. The minimum absolute atomic E-state index is 0.125. The van der Waals surface area contributed by atoms with Crippen LogP contribution in [0.15, 0.2) is 0 Å². The molecule has 0 aliphatic rings. The number of hydrogen-bond acceptors (Lipinski definition) is 3. The fraction of sp³-hybridized carbons (Fsp3) is 0.939. The van der Waals surface area contributed by atoms with Crippen molar-refractivity contribution in [2.75, 3.05) is 27.7 Å². The molecule has 0 aromatic carbocycles. The van der Waals surface area contributed by atoms with Crippen LogP contribution in [0.4, 0.5) is 0 Å². The number of hydrogen-bond donors (Lipinski definition) is 1. The van der Waals surface area contributed by atoms with E-state index in [1.165, 1.54) is 122 Å². The molecule has 2 atom stereocenters. The summed E-state index contributed by atoms with van der Waals surface area (Å²) in [6, 6.07) is 0. The molecule has 1 N–H and O–H groups in total. The van der Waals surface area contributed by atoms with Crippen molar-refractivity contribution in [3.8, 4) is 0 Å². The minimum atomic E-state index is -0.921. The third-order valence-corrected chi connectivity index (χ3v) is 7.58. The van der Waals surface area contributed by atoms with E-state index in [9.17, 15) is 9.59 Å². The van der Waals surface area contributed by atoms with E-state index >= 15 is 0 Å². The average Bonchev–Trinajstić information content (AvgIpc) is 2.82. The third kappa shape index (κ3) is 27.9. The number of likely N-dealkylation sites (N-methyl/N-ethyl adjacent to an activating group) is 1. The Morgan fingerprint density at radius 1 is 0.658 bits per heavy atom. The number of esters is 1. The molecule has 0 fully saturated rings. The van der Waals surface area contributed by atoms with Gasteiger partial charge in [-0.2, -0.15) is 0 Å². The van der Waals surface area contributed by atoms with Crippen molar-refractivity contribution in [3.05, 3.63) is 0 Å². The molecule has 0 aliphatic carbocycles. The Bertz CT molecular complexity index is 558. The number of ether oxygens (including phenoxy) is 1. The molecule has 5 nitrogen and oxygen atoms in total. The summed E-state index contributed by atoms with van der Waals surface area (Å²) in [7, 11) is 5.93. The summed E-state index contributed by atoms with van der Waals surface area (Å²) >= 11 is 0. The molecular formula is C33H66NO4+. The normalized spacial score (nSPS) is 13.4. The summed E-state index contributed by atoms with van der Waals surface area (Å²) in [5.41, 5.74) is 0. The minimum Gasteiger partial charge on any atom is -0.481 e. The predicted molar refractivity (Wildman–Crippen MR) is 161 cm³/mol. The van der Waals surface area contributed by atoms with Crippen LogP contribution in [0.3, 0.4) is 0 Å². The van der Waals surface area contributed by atoms with Crippen molar-refractivity contribution in [2.45, 2.75) is 168 Å². The molecule has 0 rings (SSSR count). The maximum Gasteiger partial charge on any atom is 0.307 e. The van der Waals surface area contributed by atoms with Gasteiger partial charge in [0.05, 0.1) is 27.6 Å². The number of carboxylic acid groups (broad SMARTS) is 1. The van der Waals surface area contributed by atoms with Crippen LogP contribution in [-0.2, 0) is 14.3 Å². The number of nitrogens with zero attached hydrogens (tertiary/aromatic N) is 1. The molecule has 0 aromatic heterocycles. The summed E-state index contributed by atoms with van der Waals surface area (Å²) in [5.74, 6) is -0.258. The van der Waals surface area contributed by atoms with Gasteiger partial charge in [0.2, 0.25) is 0 Å². The van der Waals surface area contributed by atoms with Gasteiger partial charge in [0, 0.05) is 6.42 Å². The van der Waals surface area contributed by atoms with Crippen LogP contribution in [-0.4, -0.2) is 55.3 Å². The molecule has 226 valence electrons. The lowest BCUT2D eigenvalue weighted by molar-refractivity contribution is -0.873. The van der Waals surface area contributed by atoms with Crippen molar-refractivity contribution in [1.82, 2.24) is 0 Å². The smallest absolute Gasteiger partial charge is 0.307 e. The van der Waals surface area contributed by atoms with Gasteiger partial charge in [-0.15, -0.1) is 0 Å². The zero-order chi connectivity index (χ0) is 28.5. The molecule has 38 heavy (non-hydrogen) atoms. The first-order chi connectivity index (χ1) is 18.1. The van der Waals surface area contributed by atoms with Gasteiger partial charge < -0.3 is 14.3 Å². The van der Waals surface area contributed by atoms with E-state index in [2.05, 4.69) is 13.8 Å². The highest BCUT2D eigenvalue weighted by Crippen LogP contribution is 2.19. The molecule has 0 spiro atoms. The first-order valence-electron chi connectivity index (χ1n) is 16.4. The van der Waals surface area contributed by atoms with Crippen molar-refractivity contribution in [2.24, 2.45) is 5.92 Å². The lowest BCUT2D eigenvalue weighted by Gasteiger charge is -2.28. The zero-order valence-electron chi connectivity index (χ0n) is 26.2. The molecule has 0 saturated carbocycles. The second kappa shape index (κ2) is 24.9. The SMILES string of the molecule is CCCCCCCCC(C)CCCCCCCCCCCCCCCC(=O)OC(CC(=O)O)C[N+](C)(C)C. The highest BCUT2D eigenvalue weighted by Gasteiger charge is 2.24. The van der Waals surface area contributed by atoms with Gasteiger partial charge in [-0.3, -0.25) is 9.59 Å². The molecule has 0 amide bonds. The summed E-state index contributed by atoms with van der Waals surface area (Å²) in [4.78, 5) is 23.2. The number of carbonyl (C=O) groups excluding carboxylic acids is 1. The van der Waals surface area contributed by atoms with Crippen LogP contribution >= 0.6 is 0 Å². The van der Waals surface area contributed by atoms with Crippen molar-refractivity contribution in [1.29, 1.82) is 0 Å². The molecule has 0 saturated heterocycles. The van der Waals surface area contributed by atoms with Crippen LogP contribution in [0.2, 0.25) is 0 Å². The summed E-state index contributed by atoms with van der Waals surface area (Å²) in [5, 5.41) is 9.06. The Morgan fingerprint density at radius 2 is 1.05 bits per heavy atom. The summed E-state index contributed by atoms with van der Waals surface area (Å²) < 4.78 is 6.03. The lowest BCUT2D eigenvalue weighted by atomic mass is 9.96. The van der Waals surface area contributed by atoms with Gasteiger partial charge in [-0.1, -0.05) is 142 Å². The van der Waals surface area contributed by atoms with Gasteiger partial charge in [0.25, 0.3) is 0 Å². The number of carbonyl (C=O) groups is 2. The van der Waals surface area contributed by atoms with Crippen LogP contribution in [0.1, 0.15) is 162 Å². The molecule has 0 aliphatic heterocycles. The molecule has 2 unspecified atom stereocenters. The second-order valence-electron chi connectivity index (χ2n) is 13.0. The topological polar surface area (TPSA) is 63.6 Å². The van der Waals surface area contributed by atoms with Crippen molar-refractivity contribution in [3.63, 3.8) is 0 Å². The number of aliphatic carboxylic acids is 1. The van der Waals surface area contributed by atoms with E-state index in [0.717, 1.165) is 18.8 Å². The molecule has 0 heterocycles. The van der Waals surface area contributed by atoms with Gasteiger partial charge >= 0.3 is 11.9 Å². The first kappa shape index (κ1) is 36.9. The Hall–Kier alpha value is -1.10. The number of carboxylic acids is 1. The summed E-state index contributed by atoms with van der Waals surface area (Å²) in [6.07, 6.45) is 27.8. The van der Waals surface area contributed by atoms with Crippen LogP contribution in [0.25, 0.3) is 0 Å². The highest BCUT2D eigenvalue weighted by atomic mass is 16.5. The number of unbranched alkanes of at least 4 members (excludes halogenated alkanes) is 17. The highest BCUT2D eigenvalue weighted by molar-refractivity contribution is 5.71. The predicted octanol–water partition coefficient (Wildman–Crippen LogP) is 9.32. The fourth-order valence-electron chi connectivity index (χ4n) is 5.32. The van der Waals surface area contributed by atoms with Gasteiger partial charge in [-0.05, 0) is 12.3 Å². The van der Waals surface area contributed by atoms with E-state index in [-0.39, 0.29) is 12.4 Å². The monoisotopic (exact) mass is 540 g/mol. The Labute approximate surface area is 237 Å². The van der Waals surface area contributed by atoms with Crippen LogP contribution in [0, 0.1) is 5.92 Å². The quantitative estimate of drug-likeness (QED) is 0.0610. The molecular weight excluding hydrogens is 474 g/mol. The number of rotatable bonds is 28. The lowest BCUT2D eigenvalue weighted by Crippen LogP contribution is -2.43. The average molecular weight is 541 g/mol. The Balaban J connectivity index is 3.46. The van der Waals surface area contributed by atoms with Gasteiger partial charge in [0.15, 0.2) is 6.10 Å². The molecule has 0 bridgehead atoms. The largest absolute Gasteiger partial charge is 0.481 e. The molecule has 0 radical (unpaired) electrons. The number of quaternary nitrogens is 1. The third-order valence-electron chi connectivity index (χ3n) is 7.58. The van der Waals surface area contributed by atoms with Crippen LogP contribution < -0.4 is 0 Å². The van der Waals surface area contributed by atoms with E-state index in [1.807, 2.05) is 21.1 Å². The Kier molecular flexibility index (Phi) is 24.2. The van der Waals surface area contributed by atoms with E-state index in [1.54, 1.807) is 0 Å². The maximum absolute atomic E-state index is 12.1. The summed E-state index contributed by atoms with van der Waals surface area (Å²) in [6.45, 7) is 5.25. The van der Waals surface area contributed by atoms with E-state index < -0.39 is 12.1 Å². The fourth-order valence-corrected chi connectivity index (χ4v) is 5.32. The second-order valence-corrected chi connectivity index (χ2v) is 13.0. The van der Waals surface area contributed by atoms with E-state index in [0.29, 0.717) is 17.4 Å². The Morgan fingerprint density at radius 3 is 1.45 bits per heavy atom. The van der Waals surface area contributed by atoms with E-state index in [4.69, 9.17) is 9.84 Å². The van der Waals surface area contributed by atoms with Gasteiger partial charge in [0.1, 0.15) is 6.54 Å². The first-order valence-corrected chi connectivity index (χ1v) is 16.4. The maximum atomic E-state index is 12.1. The van der Waals surface area contributed by atoms with Crippen molar-refractivity contribution < 1.29 is 23.9 Å². The van der Waals surface area contributed by atoms with Crippen molar-refractivity contribution >= 4 is 11.9 Å². The molecule has 5 heteroatoms. The molecule has 0 aromatic rings. The zero-order valence-corrected chi connectivity index (χ0v) is 26.2. The van der Waals surface area contributed by atoms with Crippen LogP contribution in [0.5, 0.6) is 0 Å².